The summed E-state index contributed by atoms with van der Waals surface area (Å²) < 4.78 is 0.960. The second-order valence-corrected chi connectivity index (χ2v) is 5.78. The molecule has 0 fully saturated rings. The minimum absolute atomic E-state index is 0.759. The Kier molecular flexibility index (Phi) is 4.24. The first kappa shape index (κ1) is 13.4. The largest absolute Gasteiger partial charge is 0.398 e. The van der Waals surface area contributed by atoms with Gasteiger partial charge in [0.05, 0.1) is 0 Å². The molecule has 0 spiro atoms. The first-order chi connectivity index (χ1) is 8.56. The molecule has 3 nitrogen and oxygen atoms in total. The van der Waals surface area contributed by atoms with Gasteiger partial charge in [-0.05, 0) is 47.5 Å². The van der Waals surface area contributed by atoms with E-state index in [9.17, 15) is 0 Å². The van der Waals surface area contributed by atoms with E-state index in [1.807, 2.05) is 32.0 Å². The van der Waals surface area contributed by atoms with Gasteiger partial charge < -0.3 is 5.73 Å². The van der Waals surface area contributed by atoms with Crippen molar-refractivity contribution in [3.63, 3.8) is 0 Å². The number of benzene rings is 1. The number of hydrogen-bond acceptors (Lipinski definition) is 4. The number of nitrogen functional groups attached to an aromatic ring is 1. The molecule has 0 amide bonds. The van der Waals surface area contributed by atoms with Crippen LogP contribution in [0.15, 0.2) is 33.9 Å². The van der Waals surface area contributed by atoms with E-state index < -0.39 is 0 Å². The molecule has 0 aliphatic heterocycles. The van der Waals surface area contributed by atoms with Crippen LogP contribution in [0.1, 0.15) is 17.0 Å². The maximum absolute atomic E-state index is 5.85. The quantitative estimate of drug-likeness (QED) is 0.531. The van der Waals surface area contributed by atoms with E-state index in [0.29, 0.717) is 0 Å². The van der Waals surface area contributed by atoms with Crippen LogP contribution in [0.2, 0.25) is 0 Å². The number of nitrogens with zero attached hydrogens (tertiary/aromatic N) is 2. The summed E-state index contributed by atoms with van der Waals surface area (Å²) in [5, 5.41) is 0.807. The zero-order chi connectivity index (χ0) is 13.1. The number of thioether (sulfide) groups is 1. The summed E-state index contributed by atoms with van der Waals surface area (Å²) in [5.74, 6) is 0.800. The predicted octanol–water partition coefficient (Wildman–Crippen LogP) is 3.73. The average molecular weight is 324 g/mol. The van der Waals surface area contributed by atoms with Gasteiger partial charge in [-0.25, -0.2) is 9.97 Å². The summed E-state index contributed by atoms with van der Waals surface area (Å²) in [5.41, 5.74) is 9.76. The monoisotopic (exact) mass is 323 g/mol. The topological polar surface area (TPSA) is 51.8 Å². The third-order valence-electron chi connectivity index (χ3n) is 2.43. The lowest BCUT2D eigenvalue weighted by Crippen LogP contribution is -1.94. The van der Waals surface area contributed by atoms with Crippen molar-refractivity contribution in [2.45, 2.75) is 24.8 Å². The summed E-state index contributed by atoms with van der Waals surface area (Å²) >= 11 is 5.12. The SMILES string of the molecule is Cc1cc(C)nc(SCc2cccc(N)c2Br)n1. The lowest BCUT2D eigenvalue weighted by atomic mass is 10.2. The maximum Gasteiger partial charge on any atom is 0.188 e. The van der Waals surface area contributed by atoms with Gasteiger partial charge in [0, 0.05) is 27.3 Å². The molecule has 5 heteroatoms. The van der Waals surface area contributed by atoms with Gasteiger partial charge in [0.1, 0.15) is 0 Å². The van der Waals surface area contributed by atoms with Gasteiger partial charge in [-0.1, -0.05) is 23.9 Å². The van der Waals surface area contributed by atoms with Gasteiger partial charge in [0.15, 0.2) is 5.16 Å². The summed E-state index contributed by atoms with van der Waals surface area (Å²) in [6.07, 6.45) is 0. The fraction of sp³-hybridized carbons (Fsp3) is 0.231. The van der Waals surface area contributed by atoms with Crippen molar-refractivity contribution in [2.24, 2.45) is 0 Å². The number of nitrogens with two attached hydrogens (primary N) is 1. The molecule has 2 rings (SSSR count). The van der Waals surface area contributed by atoms with E-state index >= 15 is 0 Å². The fourth-order valence-electron chi connectivity index (χ4n) is 1.61. The molecule has 18 heavy (non-hydrogen) atoms. The molecule has 2 N–H and O–H groups in total. The average Bonchev–Trinajstić information content (AvgIpc) is 2.30. The van der Waals surface area contributed by atoms with E-state index in [4.69, 9.17) is 5.73 Å². The van der Waals surface area contributed by atoms with Crippen LogP contribution in [0.25, 0.3) is 0 Å². The number of rotatable bonds is 3. The Balaban J connectivity index is 2.14. The highest BCUT2D eigenvalue weighted by molar-refractivity contribution is 9.10. The highest BCUT2D eigenvalue weighted by atomic mass is 79.9. The van der Waals surface area contributed by atoms with E-state index in [1.165, 1.54) is 0 Å². The highest BCUT2D eigenvalue weighted by Gasteiger charge is 2.06. The zero-order valence-corrected chi connectivity index (χ0v) is 12.7. The van der Waals surface area contributed by atoms with Gasteiger partial charge in [-0.3, -0.25) is 0 Å². The molecule has 0 aliphatic rings. The molecule has 0 saturated heterocycles. The molecule has 0 aliphatic carbocycles. The summed E-state index contributed by atoms with van der Waals surface area (Å²) in [7, 11) is 0. The lowest BCUT2D eigenvalue weighted by molar-refractivity contribution is 0.902. The van der Waals surface area contributed by atoms with Crippen molar-refractivity contribution in [1.29, 1.82) is 0 Å². The molecule has 0 bridgehead atoms. The second kappa shape index (κ2) is 5.71. The number of hydrogen-bond donors (Lipinski definition) is 1. The van der Waals surface area contributed by atoms with Gasteiger partial charge in [0.25, 0.3) is 0 Å². The molecular weight excluding hydrogens is 310 g/mol. The molecule has 1 aromatic carbocycles. The van der Waals surface area contributed by atoms with Crippen molar-refractivity contribution in [2.75, 3.05) is 5.73 Å². The van der Waals surface area contributed by atoms with Gasteiger partial charge >= 0.3 is 0 Å². The molecule has 0 unspecified atom stereocenters. The fourth-order valence-corrected chi connectivity index (χ4v) is 3.14. The molecule has 0 atom stereocenters. The van der Waals surface area contributed by atoms with Gasteiger partial charge in [0.2, 0.25) is 0 Å². The van der Waals surface area contributed by atoms with Crippen LogP contribution >= 0.6 is 27.7 Å². The molecular formula is C13H14BrN3S. The highest BCUT2D eigenvalue weighted by Crippen LogP contribution is 2.29. The van der Waals surface area contributed by atoms with Crippen LogP contribution in [0.4, 0.5) is 5.69 Å². The Labute approximate surface area is 119 Å². The molecule has 94 valence electrons. The first-order valence-electron chi connectivity index (χ1n) is 5.54. The smallest absolute Gasteiger partial charge is 0.188 e. The number of anilines is 1. The lowest BCUT2D eigenvalue weighted by Gasteiger charge is -2.06. The number of aromatic nitrogens is 2. The Morgan fingerprint density at radius 2 is 1.89 bits per heavy atom. The maximum atomic E-state index is 5.85. The molecule has 1 heterocycles. The van der Waals surface area contributed by atoms with Gasteiger partial charge in [-0.2, -0.15) is 0 Å². The van der Waals surface area contributed by atoms with Crippen molar-refractivity contribution in [3.8, 4) is 0 Å². The van der Waals surface area contributed by atoms with Crippen molar-refractivity contribution >= 4 is 33.4 Å². The van der Waals surface area contributed by atoms with E-state index in [0.717, 1.165) is 38.0 Å². The summed E-state index contributed by atoms with van der Waals surface area (Å²) in [4.78, 5) is 8.81. The van der Waals surface area contributed by atoms with Gasteiger partial charge in [-0.15, -0.1) is 0 Å². The predicted molar refractivity (Wildman–Crippen MR) is 79.6 cm³/mol. The third-order valence-corrected chi connectivity index (χ3v) is 4.29. The van der Waals surface area contributed by atoms with Crippen LogP contribution < -0.4 is 5.73 Å². The number of halogens is 1. The Hall–Kier alpha value is -1.07. The molecule has 0 saturated carbocycles. The first-order valence-corrected chi connectivity index (χ1v) is 7.32. The Bertz CT molecular complexity index is 552. The third kappa shape index (κ3) is 3.23. The molecule has 0 radical (unpaired) electrons. The second-order valence-electron chi connectivity index (χ2n) is 4.04. The van der Waals surface area contributed by atoms with E-state index in [2.05, 4.69) is 32.0 Å². The molecule has 2 aromatic rings. The van der Waals surface area contributed by atoms with Crippen molar-refractivity contribution in [1.82, 2.24) is 9.97 Å². The minimum Gasteiger partial charge on any atom is -0.398 e. The normalized spacial score (nSPS) is 10.6. The van der Waals surface area contributed by atoms with E-state index in [1.54, 1.807) is 11.8 Å². The number of aryl methyl sites for hydroxylation is 2. The Morgan fingerprint density at radius 1 is 1.22 bits per heavy atom. The van der Waals surface area contributed by atoms with Crippen molar-refractivity contribution < 1.29 is 0 Å². The Morgan fingerprint density at radius 3 is 2.56 bits per heavy atom. The van der Waals surface area contributed by atoms with Crippen molar-refractivity contribution in [3.05, 3.63) is 45.7 Å². The molecule has 1 aromatic heterocycles. The van der Waals surface area contributed by atoms with Crippen LogP contribution in [-0.2, 0) is 5.75 Å². The van der Waals surface area contributed by atoms with Crippen LogP contribution in [-0.4, -0.2) is 9.97 Å². The zero-order valence-electron chi connectivity index (χ0n) is 10.3. The standard InChI is InChI=1S/C13H14BrN3S/c1-8-6-9(2)17-13(16-8)18-7-10-4-3-5-11(15)12(10)14/h3-6H,7,15H2,1-2H3. The summed E-state index contributed by atoms with van der Waals surface area (Å²) in [6, 6.07) is 7.86. The van der Waals surface area contributed by atoms with E-state index in [-0.39, 0.29) is 0 Å². The van der Waals surface area contributed by atoms with Crippen LogP contribution in [0.3, 0.4) is 0 Å². The summed E-state index contributed by atoms with van der Waals surface area (Å²) in [6.45, 7) is 3.96. The van der Waals surface area contributed by atoms with Crippen LogP contribution in [0.5, 0.6) is 0 Å². The van der Waals surface area contributed by atoms with Crippen LogP contribution in [0, 0.1) is 13.8 Å². The minimum atomic E-state index is 0.759.